The molecule has 1 amide bonds. The van der Waals surface area contributed by atoms with E-state index in [0.717, 1.165) is 24.2 Å². The van der Waals surface area contributed by atoms with Gasteiger partial charge in [0.15, 0.2) is 16.7 Å². The van der Waals surface area contributed by atoms with E-state index in [1.807, 2.05) is 6.92 Å². The van der Waals surface area contributed by atoms with Crippen LogP contribution in [0, 0.1) is 11.6 Å². The first-order chi connectivity index (χ1) is 12.4. The predicted molar refractivity (Wildman–Crippen MR) is 93.6 cm³/mol. The van der Waals surface area contributed by atoms with Gasteiger partial charge in [0.25, 0.3) is 0 Å². The van der Waals surface area contributed by atoms with Gasteiger partial charge in [0.05, 0.1) is 19.2 Å². The van der Waals surface area contributed by atoms with Gasteiger partial charge in [0.2, 0.25) is 11.7 Å². The van der Waals surface area contributed by atoms with E-state index in [1.54, 1.807) is 0 Å². The van der Waals surface area contributed by atoms with Gasteiger partial charge in [-0.1, -0.05) is 25.1 Å². The highest BCUT2D eigenvalue weighted by Gasteiger charge is 2.32. The zero-order valence-corrected chi connectivity index (χ0v) is 14.7. The molecular formula is C16H17F2N3O4S. The lowest BCUT2D eigenvalue weighted by molar-refractivity contribution is -0.138. The van der Waals surface area contributed by atoms with Crippen molar-refractivity contribution < 1.29 is 28.2 Å². The number of carboxylic acids is 1. The molecule has 1 aromatic carbocycles. The SMILES string of the molecule is CCCCOc1cc(C=NN=C2NC(=O)C(CC(=O)O)S2)cc(F)c1F. The average molecular weight is 385 g/mol. The molecule has 26 heavy (non-hydrogen) atoms. The van der Waals surface area contributed by atoms with E-state index >= 15 is 0 Å². The third-order valence-electron chi connectivity index (χ3n) is 3.26. The number of ether oxygens (including phenoxy) is 1. The van der Waals surface area contributed by atoms with Crippen LogP contribution in [0.1, 0.15) is 31.7 Å². The first-order valence-corrected chi connectivity index (χ1v) is 8.70. The molecule has 0 aliphatic carbocycles. The molecule has 1 fully saturated rings. The van der Waals surface area contributed by atoms with Crippen LogP contribution in [0.4, 0.5) is 8.78 Å². The van der Waals surface area contributed by atoms with Crippen LogP contribution in [0.2, 0.25) is 0 Å². The molecule has 2 N–H and O–H groups in total. The van der Waals surface area contributed by atoms with Crippen molar-refractivity contribution in [1.82, 2.24) is 5.32 Å². The molecule has 1 aliphatic rings. The molecule has 0 bridgehead atoms. The van der Waals surface area contributed by atoms with Gasteiger partial charge in [0.1, 0.15) is 5.25 Å². The number of rotatable bonds is 8. The van der Waals surface area contributed by atoms with E-state index < -0.39 is 28.8 Å². The maximum atomic E-state index is 13.7. The Bertz CT molecular complexity index is 755. The van der Waals surface area contributed by atoms with Crippen molar-refractivity contribution in [3.8, 4) is 5.75 Å². The van der Waals surface area contributed by atoms with Gasteiger partial charge in [-0.25, -0.2) is 4.39 Å². The molecule has 0 aromatic heterocycles. The Labute approximate surface area is 152 Å². The molecule has 1 aromatic rings. The van der Waals surface area contributed by atoms with Gasteiger partial charge in [-0.05, 0) is 18.6 Å². The normalized spacial score (nSPS) is 18.5. The number of thioether (sulfide) groups is 1. The monoisotopic (exact) mass is 385 g/mol. The van der Waals surface area contributed by atoms with Gasteiger partial charge in [-0.15, -0.1) is 5.10 Å². The molecule has 2 rings (SSSR count). The number of hydrogen-bond donors (Lipinski definition) is 2. The van der Waals surface area contributed by atoms with Gasteiger partial charge in [-0.3, -0.25) is 9.59 Å². The summed E-state index contributed by atoms with van der Waals surface area (Å²) in [5, 5.41) is 17.9. The molecule has 140 valence electrons. The van der Waals surface area contributed by atoms with E-state index in [-0.39, 0.29) is 29.5 Å². The number of amidine groups is 1. The van der Waals surface area contributed by atoms with Crippen molar-refractivity contribution in [2.24, 2.45) is 10.2 Å². The largest absolute Gasteiger partial charge is 0.490 e. The number of nitrogens with one attached hydrogen (secondary N) is 1. The Hall–Kier alpha value is -2.49. The number of aliphatic carboxylic acids is 1. The number of halogens is 2. The fraction of sp³-hybridized carbons (Fsp3) is 0.375. The van der Waals surface area contributed by atoms with E-state index in [4.69, 9.17) is 9.84 Å². The Morgan fingerprint density at radius 2 is 2.23 bits per heavy atom. The minimum atomic E-state index is -1.10. The Kier molecular flexibility index (Phi) is 7.07. The predicted octanol–water partition coefficient (Wildman–Crippen LogP) is 2.54. The fourth-order valence-electron chi connectivity index (χ4n) is 1.98. The Morgan fingerprint density at radius 3 is 2.92 bits per heavy atom. The highest BCUT2D eigenvalue weighted by Crippen LogP contribution is 2.23. The van der Waals surface area contributed by atoms with Crippen molar-refractivity contribution in [3.63, 3.8) is 0 Å². The van der Waals surface area contributed by atoms with Crippen LogP contribution < -0.4 is 10.1 Å². The van der Waals surface area contributed by atoms with Crippen molar-refractivity contribution in [1.29, 1.82) is 0 Å². The summed E-state index contributed by atoms with van der Waals surface area (Å²) in [6, 6.07) is 2.24. The van der Waals surface area contributed by atoms with E-state index in [9.17, 15) is 18.4 Å². The van der Waals surface area contributed by atoms with E-state index in [0.29, 0.717) is 6.42 Å². The van der Waals surface area contributed by atoms with Crippen molar-refractivity contribution in [3.05, 3.63) is 29.3 Å². The average Bonchev–Trinajstić information content (AvgIpc) is 2.91. The lowest BCUT2D eigenvalue weighted by atomic mass is 10.2. The fourth-order valence-corrected chi connectivity index (χ4v) is 2.90. The standard InChI is InChI=1S/C16H17F2N3O4S/c1-2-3-4-25-11-6-9(5-10(17)14(11)18)8-19-21-16-20-15(24)12(26-16)7-13(22)23/h5-6,8,12H,2-4,7H2,1H3,(H,22,23)(H,20,21,24). The number of unbranched alkanes of at least 4 members (excludes halogenated alkanes) is 1. The summed E-state index contributed by atoms with van der Waals surface area (Å²) in [6.45, 7) is 2.22. The molecule has 1 aliphatic heterocycles. The maximum absolute atomic E-state index is 13.7. The number of carbonyl (C=O) groups is 2. The summed E-state index contributed by atoms with van der Waals surface area (Å²) >= 11 is 0.941. The second-order valence-corrected chi connectivity index (χ2v) is 6.55. The molecule has 0 radical (unpaired) electrons. The molecule has 0 saturated carbocycles. The van der Waals surface area contributed by atoms with Crippen LogP contribution in [-0.2, 0) is 9.59 Å². The summed E-state index contributed by atoms with van der Waals surface area (Å²) in [5.74, 6) is -3.92. The topological polar surface area (TPSA) is 100 Å². The highest BCUT2D eigenvalue weighted by atomic mass is 32.2. The lowest BCUT2D eigenvalue weighted by Gasteiger charge is -2.07. The van der Waals surface area contributed by atoms with Gasteiger partial charge in [-0.2, -0.15) is 9.49 Å². The number of carbonyl (C=O) groups excluding carboxylic acids is 1. The second-order valence-electron chi connectivity index (χ2n) is 5.36. The van der Waals surface area contributed by atoms with Crippen molar-refractivity contribution in [2.45, 2.75) is 31.4 Å². The Balaban J connectivity index is 2.06. The first-order valence-electron chi connectivity index (χ1n) is 7.83. The van der Waals surface area contributed by atoms with Crippen LogP contribution >= 0.6 is 11.8 Å². The number of hydrogen-bond acceptors (Lipinski definition) is 6. The van der Waals surface area contributed by atoms with Crippen molar-refractivity contribution >= 4 is 35.0 Å². The molecule has 0 spiro atoms. The minimum absolute atomic E-state index is 0.138. The minimum Gasteiger partial charge on any atom is -0.490 e. The number of nitrogens with zero attached hydrogens (tertiary/aromatic N) is 2. The smallest absolute Gasteiger partial charge is 0.305 e. The van der Waals surface area contributed by atoms with Gasteiger partial charge in [0, 0.05) is 5.56 Å². The number of benzene rings is 1. The van der Waals surface area contributed by atoms with Crippen molar-refractivity contribution in [2.75, 3.05) is 6.61 Å². The maximum Gasteiger partial charge on any atom is 0.305 e. The van der Waals surface area contributed by atoms with Crippen LogP contribution in [0.5, 0.6) is 5.75 Å². The summed E-state index contributed by atoms with van der Waals surface area (Å²) in [5.41, 5.74) is 0.233. The molecule has 1 atom stereocenters. The molecule has 1 heterocycles. The van der Waals surface area contributed by atoms with E-state index in [2.05, 4.69) is 15.5 Å². The van der Waals surface area contributed by atoms with Crippen LogP contribution in [0.15, 0.2) is 22.3 Å². The zero-order chi connectivity index (χ0) is 19.1. The van der Waals surface area contributed by atoms with Gasteiger partial charge >= 0.3 is 5.97 Å². The first kappa shape index (κ1) is 19.8. The molecule has 1 unspecified atom stereocenters. The summed E-state index contributed by atoms with van der Waals surface area (Å²) < 4.78 is 32.5. The van der Waals surface area contributed by atoms with Crippen LogP contribution in [-0.4, -0.2) is 40.2 Å². The molecule has 7 nitrogen and oxygen atoms in total. The summed E-state index contributed by atoms with van der Waals surface area (Å²) in [7, 11) is 0. The lowest BCUT2D eigenvalue weighted by Crippen LogP contribution is -2.26. The summed E-state index contributed by atoms with van der Waals surface area (Å²) in [6.07, 6.45) is 2.41. The molecule has 10 heteroatoms. The zero-order valence-electron chi connectivity index (χ0n) is 13.9. The third kappa shape index (κ3) is 5.51. The van der Waals surface area contributed by atoms with Gasteiger partial charge < -0.3 is 15.2 Å². The quantitative estimate of drug-likeness (QED) is 0.407. The van der Waals surface area contributed by atoms with E-state index in [1.165, 1.54) is 12.3 Å². The van der Waals surface area contributed by atoms with Crippen LogP contribution in [0.25, 0.3) is 0 Å². The third-order valence-corrected chi connectivity index (χ3v) is 4.34. The second kappa shape index (κ2) is 9.27. The highest BCUT2D eigenvalue weighted by molar-refractivity contribution is 8.15. The Morgan fingerprint density at radius 1 is 1.46 bits per heavy atom. The molecular weight excluding hydrogens is 368 g/mol. The summed E-state index contributed by atoms with van der Waals surface area (Å²) in [4.78, 5) is 22.2. The van der Waals surface area contributed by atoms with Crippen LogP contribution in [0.3, 0.4) is 0 Å². The molecule has 1 saturated heterocycles. The number of carboxylic acid groups (broad SMARTS) is 1. The number of amides is 1.